The predicted molar refractivity (Wildman–Crippen MR) is 97.9 cm³/mol. The van der Waals surface area contributed by atoms with Crippen LogP contribution in [0.1, 0.15) is 28.8 Å². The number of benzene rings is 2. The van der Waals surface area contributed by atoms with Crippen LogP contribution in [0.5, 0.6) is 11.5 Å². The van der Waals surface area contributed by atoms with E-state index in [0.29, 0.717) is 27.8 Å². The molecule has 2 aromatic carbocycles. The average Bonchev–Trinajstić information content (AvgIpc) is 2.60. The fourth-order valence-electron chi connectivity index (χ4n) is 2.39. The van der Waals surface area contributed by atoms with Gasteiger partial charge in [-0.15, -0.1) is 0 Å². The van der Waals surface area contributed by atoms with Gasteiger partial charge in [-0.3, -0.25) is 9.59 Å². The molecule has 0 fully saturated rings. The fourth-order valence-corrected chi connectivity index (χ4v) is 2.56. The van der Waals surface area contributed by atoms with Crippen molar-refractivity contribution in [2.45, 2.75) is 19.8 Å². The van der Waals surface area contributed by atoms with Gasteiger partial charge in [-0.2, -0.15) is 0 Å². The highest BCUT2D eigenvalue weighted by Crippen LogP contribution is 2.26. The number of anilines is 1. The number of methoxy groups -OCH3 is 2. The lowest BCUT2D eigenvalue weighted by Crippen LogP contribution is -2.14. The van der Waals surface area contributed by atoms with E-state index in [0.717, 1.165) is 5.56 Å². The second kappa shape index (κ2) is 8.53. The number of nitrogens with one attached hydrogen (secondary N) is 1. The summed E-state index contributed by atoms with van der Waals surface area (Å²) in [4.78, 5) is 24.5. The van der Waals surface area contributed by atoms with Gasteiger partial charge < -0.3 is 14.8 Å². The number of hydrogen-bond donors (Lipinski definition) is 1. The number of hydrogen-bond acceptors (Lipinski definition) is 4. The maximum atomic E-state index is 12.4. The minimum atomic E-state index is -0.266. The van der Waals surface area contributed by atoms with Gasteiger partial charge in [0, 0.05) is 17.9 Å². The molecule has 0 unspecified atom stereocenters. The van der Waals surface area contributed by atoms with Gasteiger partial charge in [0.1, 0.15) is 11.5 Å². The highest BCUT2D eigenvalue weighted by Gasteiger charge is 2.15. The van der Waals surface area contributed by atoms with Gasteiger partial charge in [0.2, 0.25) is 5.91 Å². The first-order valence-electron chi connectivity index (χ1n) is 7.76. The van der Waals surface area contributed by atoms with Crippen LogP contribution in [0.3, 0.4) is 0 Å². The number of carbonyl (C=O) groups is 2. The summed E-state index contributed by atoms with van der Waals surface area (Å²) >= 11 is 5.94. The van der Waals surface area contributed by atoms with Crippen LogP contribution in [-0.4, -0.2) is 25.9 Å². The predicted octanol–water partition coefficient (Wildman–Crippen LogP) is 4.27. The standard InChI is InChI=1S/C19H20ClNO4/c1-12-4-7-18(25-3)15(10-12)21-19(23)9-6-16(22)14-11-13(20)5-8-17(14)24-2/h4-5,7-8,10-11H,6,9H2,1-3H3,(H,21,23). The number of halogens is 1. The van der Waals surface area contributed by atoms with Gasteiger partial charge in [0.05, 0.1) is 25.5 Å². The molecular weight excluding hydrogens is 342 g/mol. The minimum absolute atomic E-state index is 0.0472. The number of amides is 1. The maximum absolute atomic E-state index is 12.4. The molecule has 1 N–H and O–H groups in total. The van der Waals surface area contributed by atoms with Crippen molar-refractivity contribution in [2.24, 2.45) is 0 Å². The van der Waals surface area contributed by atoms with E-state index in [1.54, 1.807) is 24.3 Å². The normalized spacial score (nSPS) is 10.2. The molecule has 0 atom stereocenters. The summed E-state index contributed by atoms with van der Waals surface area (Å²) in [6.07, 6.45) is 0.0995. The SMILES string of the molecule is COc1ccc(C)cc1NC(=O)CCC(=O)c1cc(Cl)ccc1OC. The van der Waals surface area contributed by atoms with E-state index in [4.69, 9.17) is 21.1 Å². The van der Waals surface area contributed by atoms with Crippen molar-refractivity contribution in [2.75, 3.05) is 19.5 Å². The molecule has 2 aromatic rings. The summed E-state index contributed by atoms with van der Waals surface area (Å²) in [6, 6.07) is 10.3. The number of rotatable bonds is 7. The summed E-state index contributed by atoms with van der Waals surface area (Å²) in [6.45, 7) is 1.92. The Labute approximate surface area is 151 Å². The number of Topliss-reactive ketones (excluding diaryl/α,β-unsaturated/α-hetero) is 1. The third-order valence-electron chi connectivity index (χ3n) is 3.67. The van der Waals surface area contributed by atoms with E-state index in [-0.39, 0.29) is 24.5 Å². The van der Waals surface area contributed by atoms with Gasteiger partial charge in [0.25, 0.3) is 0 Å². The molecule has 0 saturated heterocycles. The van der Waals surface area contributed by atoms with Crippen molar-refractivity contribution in [1.82, 2.24) is 0 Å². The average molecular weight is 362 g/mol. The molecule has 0 aromatic heterocycles. The molecule has 0 aliphatic rings. The van der Waals surface area contributed by atoms with E-state index >= 15 is 0 Å². The molecule has 2 rings (SSSR count). The van der Waals surface area contributed by atoms with E-state index in [2.05, 4.69) is 5.32 Å². The molecule has 0 aliphatic carbocycles. The first kappa shape index (κ1) is 18.8. The number of ether oxygens (including phenoxy) is 2. The Balaban J connectivity index is 2.02. The van der Waals surface area contributed by atoms with Crippen molar-refractivity contribution in [3.63, 3.8) is 0 Å². The summed E-state index contributed by atoms with van der Waals surface area (Å²) in [5.74, 6) is 0.543. The molecule has 0 bridgehead atoms. The van der Waals surface area contributed by atoms with Crippen molar-refractivity contribution >= 4 is 29.0 Å². The Kier molecular flexibility index (Phi) is 6.42. The minimum Gasteiger partial charge on any atom is -0.496 e. The van der Waals surface area contributed by atoms with Crippen LogP contribution in [0.4, 0.5) is 5.69 Å². The molecule has 0 saturated carbocycles. The van der Waals surface area contributed by atoms with Gasteiger partial charge >= 0.3 is 0 Å². The van der Waals surface area contributed by atoms with Crippen molar-refractivity contribution < 1.29 is 19.1 Å². The van der Waals surface area contributed by atoms with E-state index in [1.165, 1.54) is 14.2 Å². The van der Waals surface area contributed by atoms with Gasteiger partial charge in [-0.1, -0.05) is 17.7 Å². The maximum Gasteiger partial charge on any atom is 0.224 e. The second-order valence-corrected chi connectivity index (χ2v) is 5.96. The topological polar surface area (TPSA) is 64.6 Å². The van der Waals surface area contributed by atoms with Gasteiger partial charge in [-0.05, 0) is 42.8 Å². The lowest BCUT2D eigenvalue weighted by molar-refractivity contribution is -0.116. The van der Waals surface area contributed by atoms with Crippen molar-refractivity contribution in [1.29, 1.82) is 0 Å². The quantitative estimate of drug-likeness (QED) is 0.748. The molecule has 6 heteroatoms. The molecule has 0 radical (unpaired) electrons. The second-order valence-electron chi connectivity index (χ2n) is 5.52. The van der Waals surface area contributed by atoms with E-state index in [1.807, 2.05) is 19.1 Å². The van der Waals surface area contributed by atoms with E-state index in [9.17, 15) is 9.59 Å². The van der Waals surface area contributed by atoms with Crippen LogP contribution in [-0.2, 0) is 4.79 Å². The summed E-state index contributed by atoms with van der Waals surface area (Å²) in [7, 11) is 3.02. The van der Waals surface area contributed by atoms with Gasteiger partial charge in [0.15, 0.2) is 5.78 Å². The zero-order valence-electron chi connectivity index (χ0n) is 14.4. The molecule has 0 spiro atoms. The van der Waals surface area contributed by atoms with Gasteiger partial charge in [-0.25, -0.2) is 0 Å². The van der Waals surface area contributed by atoms with Crippen LogP contribution >= 0.6 is 11.6 Å². The van der Waals surface area contributed by atoms with Crippen LogP contribution in [0.2, 0.25) is 5.02 Å². The Morgan fingerprint density at radius 1 is 1.00 bits per heavy atom. The Bertz CT molecular complexity index is 789. The van der Waals surface area contributed by atoms with E-state index < -0.39 is 0 Å². The number of aryl methyl sites for hydroxylation is 1. The molecule has 25 heavy (non-hydrogen) atoms. The molecule has 5 nitrogen and oxygen atoms in total. The third kappa shape index (κ3) is 4.97. The number of ketones is 1. The zero-order valence-corrected chi connectivity index (χ0v) is 15.1. The zero-order chi connectivity index (χ0) is 18.4. The Hall–Kier alpha value is -2.53. The highest BCUT2D eigenvalue weighted by molar-refractivity contribution is 6.31. The largest absolute Gasteiger partial charge is 0.496 e. The van der Waals surface area contributed by atoms with Crippen LogP contribution in [0, 0.1) is 6.92 Å². The summed E-state index contributed by atoms with van der Waals surface area (Å²) < 4.78 is 10.4. The molecule has 0 aliphatic heterocycles. The highest BCUT2D eigenvalue weighted by atomic mass is 35.5. The molecular formula is C19H20ClNO4. The summed E-state index contributed by atoms with van der Waals surface area (Å²) in [5.41, 5.74) is 1.95. The van der Waals surface area contributed by atoms with Crippen molar-refractivity contribution in [3.05, 3.63) is 52.5 Å². The number of carbonyl (C=O) groups excluding carboxylic acids is 2. The van der Waals surface area contributed by atoms with Crippen LogP contribution < -0.4 is 14.8 Å². The lowest BCUT2D eigenvalue weighted by Gasteiger charge is -2.11. The Morgan fingerprint density at radius 3 is 2.36 bits per heavy atom. The molecule has 0 heterocycles. The summed E-state index contributed by atoms with van der Waals surface area (Å²) in [5, 5.41) is 3.22. The first-order valence-corrected chi connectivity index (χ1v) is 8.13. The van der Waals surface area contributed by atoms with Crippen molar-refractivity contribution in [3.8, 4) is 11.5 Å². The fraction of sp³-hybridized carbons (Fsp3) is 0.263. The monoisotopic (exact) mass is 361 g/mol. The third-order valence-corrected chi connectivity index (χ3v) is 3.91. The Morgan fingerprint density at radius 2 is 1.68 bits per heavy atom. The molecule has 132 valence electrons. The van der Waals surface area contributed by atoms with Crippen LogP contribution in [0.15, 0.2) is 36.4 Å². The van der Waals surface area contributed by atoms with Crippen LogP contribution in [0.25, 0.3) is 0 Å². The molecule has 1 amide bonds. The first-order chi connectivity index (χ1) is 11.9. The lowest BCUT2D eigenvalue weighted by atomic mass is 10.1. The smallest absolute Gasteiger partial charge is 0.224 e.